The first-order valence-electron chi connectivity index (χ1n) is 7.43. The van der Waals surface area contributed by atoms with E-state index in [1.807, 2.05) is 6.92 Å². The molecule has 2 rings (SSSR count). The van der Waals surface area contributed by atoms with Gasteiger partial charge in [-0.2, -0.15) is 5.26 Å². The van der Waals surface area contributed by atoms with Gasteiger partial charge in [-0.15, -0.1) is 0 Å². The average molecular weight is 441 g/mol. The van der Waals surface area contributed by atoms with Gasteiger partial charge in [-0.25, -0.2) is 8.42 Å². The van der Waals surface area contributed by atoms with Crippen molar-refractivity contribution in [1.82, 2.24) is 0 Å². The van der Waals surface area contributed by atoms with Crippen LogP contribution in [-0.2, 0) is 9.84 Å². The Morgan fingerprint density at radius 3 is 2.56 bits per heavy atom. The van der Waals surface area contributed by atoms with E-state index in [-0.39, 0.29) is 9.80 Å². The number of ether oxygens (including phenoxy) is 1. The van der Waals surface area contributed by atoms with Gasteiger partial charge in [0.15, 0.2) is 0 Å². The van der Waals surface area contributed by atoms with E-state index in [1.54, 1.807) is 24.3 Å². The quantitative estimate of drug-likeness (QED) is 0.577. The minimum absolute atomic E-state index is 0.00993. The molecule has 0 spiro atoms. The molecule has 0 aliphatic rings. The lowest BCUT2D eigenvalue weighted by molar-refractivity contribution is 0.317. The molecule has 0 atom stereocenters. The molecule has 2 aromatic rings. The first-order chi connectivity index (χ1) is 11.9. The van der Waals surface area contributed by atoms with Gasteiger partial charge in [-0.1, -0.05) is 34.5 Å². The zero-order chi connectivity index (χ0) is 18.4. The topological polar surface area (TPSA) is 67.2 Å². The lowest BCUT2D eigenvalue weighted by Gasteiger charge is -2.10. The van der Waals surface area contributed by atoms with Gasteiger partial charge in [0.05, 0.1) is 11.5 Å². The lowest BCUT2D eigenvalue weighted by Crippen LogP contribution is -2.04. The fourth-order valence-electron chi connectivity index (χ4n) is 2.03. The molecule has 2 aromatic carbocycles. The normalized spacial score (nSPS) is 11.8. The Hall–Kier alpha value is -1.81. The summed E-state index contributed by atoms with van der Waals surface area (Å²) < 4.78 is 31.8. The molecule has 0 fully saturated rings. The average Bonchev–Trinajstić information content (AvgIpc) is 2.59. The summed E-state index contributed by atoms with van der Waals surface area (Å²) in [5.74, 6) is 0.518. The van der Waals surface area contributed by atoms with E-state index < -0.39 is 9.84 Å². The standard InChI is InChI=1S/C18H15BrClNO3S/c1-2-9-24-18-8-3-14(19)10-13(18)11-17(12-21)25(22,23)16-6-4-15(20)5-7-16/h3-8,10-11H,2,9H2,1H3. The van der Waals surface area contributed by atoms with Crippen LogP contribution in [0.5, 0.6) is 5.75 Å². The molecule has 0 N–H and O–H groups in total. The van der Waals surface area contributed by atoms with Crippen molar-refractivity contribution >= 4 is 43.4 Å². The highest BCUT2D eigenvalue weighted by atomic mass is 79.9. The number of allylic oxidation sites excluding steroid dienone is 1. The molecule has 4 nitrogen and oxygen atoms in total. The van der Waals surface area contributed by atoms with Crippen molar-refractivity contribution in [2.24, 2.45) is 0 Å². The SMILES string of the molecule is CCCOc1ccc(Br)cc1C=C(C#N)S(=O)(=O)c1ccc(Cl)cc1. The summed E-state index contributed by atoms with van der Waals surface area (Å²) in [5.41, 5.74) is 0.511. The first kappa shape index (κ1) is 19.5. The molecular weight excluding hydrogens is 426 g/mol. The van der Waals surface area contributed by atoms with Crippen LogP contribution in [0.2, 0.25) is 5.02 Å². The molecule has 130 valence electrons. The molecule has 0 bridgehead atoms. The Kier molecular flexibility index (Phi) is 6.65. The number of sulfone groups is 1. The zero-order valence-corrected chi connectivity index (χ0v) is 16.5. The van der Waals surface area contributed by atoms with Crippen LogP contribution in [0.15, 0.2) is 56.7 Å². The largest absolute Gasteiger partial charge is 0.493 e. The smallest absolute Gasteiger partial charge is 0.216 e. The van der Waals surface area contributed by atoms with E-state index in [9.17, 15) is 13.7 Å². The molecule has 0 aliphatic heterocycles. The van der Waals surface area contributed by atoms with Gasteiger partial charge < -0.3 is 4.74 Å². The molecule has 0 unspecified atom stereocenters. The molecule has 0 amide bonds. The van der Waals surface area contributed by atoms with Crippen molar-refractivity contribution in [1.29, 1.82) is 5.26 Å². The maximum atomic E-state index is 12.7. The van der Waals surface area contributed by atoms with Gasteiger partial charge in [0.25, 0.3) is 0 Å². The van der Waals surface area contributed by atoms with Crippen LogP contribution in [0, 0.1) is 11.3 Å². The Balaban J connectivity index is 2.52. The highest BCUT2D eigenvalue weighted by Gasteiger charge is 2.21. The number of hydrogen-bond donors (Lipinski definition) is 0. The Bertz CT molecular complexity index is 932. The van der Waals surface area contributed by atoms with E-state index in [2.05, 4.69) is 15.9 Å². The molecular formula is C18H15BrClNO3S. The van der Waals surface area contributed by atoms with Gasteiger partial charge in [-0.3, -0.25) is 0 Å². The summed E-state index contributed by atoms with van der Waals surface area (Å²) in [4.78, 5) is -0.356. The van der Waals surface area contributed by atoms with E-state index >= 15 is 0 Å². The Morgan fingerprint density at radius 1 is 1.28 bits per heavy atom. The van der Waals surface area contributed by atoms with E-state index in [0.29, 0.717) is 22.9 Å². The third-order valence-corrected chi connectivity index (χ3v) is 5.67. The number of halogens is 2. The maximum absolute atomic E-state index is 12.7. The molecule has 0 saturated carbocycles. The summed E-state index contributed by atoms with van der Waals surface area (Å²) in [5, 5.41) is 9.82. The van der Waals surface area contributed by atoms with Crippen molar-refractivity contribution < 1.29 is 13.2 Å². The number of benzene rings is 2. The lowest BCUT2D eigenvalue weighted by atomic mass is 10.2. The van der Waals surface area contributed by atoms with Crippen LogP contribution in [0.4, 0.5) is 0 Å². The van der Waals surface area contributed by atoms with E-state index in [4.69, 9.17) is 16.3 Å². The van der Waals surface area contributed by atoms with Crippen LogP contribution in [-0.4, -0.2) is 15.0 Å². The predicted molar refractivity (Wildman–Crippen MR) is 102 cm³/mol. The van der Waals surface area contributed by atoms with E-state index in [0.717, 1.165) is 10.9 Å². The summed E-state index contributed by atoms with van der Waals surface area (Å²) in [7, 11) is -3.95. The summed E-state index contributed by atoms with van der Waals surface area (Å²) in [6.07, 6.45) is 2.13. The molecule has 0 aliphatic carbocycles. The highest BCUT2D eigenvalue weighted by Crippen LogP contribution is 2.29. The second kappa shape index (κ2) is 8.52. The van der Waals surface area contributed by atoms with Crippen molar-refractivity contribution in [3.63, 3.8) is 0 Å². The number of rotatable bonds is 6. The zero-order valence-electron chi connectivity index (χ0n) is 13.4. The van der Waals surface area contributed by atoms with Crippen LogP contribution in [0.3, 0.4) is 0 Å². The fourth-order valence-corrected chi connectivity index (χ4v) is 3.68. The first-order valence-corrected chi connectivity index (χ1v) is 10.1. The Morgan fingerprint density at radius 2 is 1.96 bits per heavy atom. The van der Waals surface area contributed by atoms with Gasteiger partial charge in [0.1, 0.15) is 16.7 Å². The molecule has 0 saturated heterocycles. The van der Waals surface area contributed by atoms with Gasteiger partial charge >= 0.3 is 0 Å². The summed E-state index contributed by atoms with van der Waals surface area (Å²) in [6, 6.07) is 12.7. The van der Waals surface area contributed by atoms with Gasteiger partial charge in [0, 0.05) is 15.1 Å². The molecule has 25 heavy (non-hydrogen) atoms. The molecule has 0 radical (unpaired) electrons. The van der Waals surface area contributed by atoms with Crippen LogP contribution in [0.1, 0.15) is 18.9 Å². The fraction of sp³-hybridized carbons (Fsp3) is 0.167. The van der Waals surface area contributed by atoms with Gasteiger partial charge in [-0.05, 0) is 55.0 Å². The van der Waals surface area contributed by atoms with Crippen molar-refractivity contribution in [2.45, 2.75) is 18.2 Å². The second-order valence-corrected chi connectivity index (χ2v) is 8.38. The van der Waals surface area contributed by atoms with E-state index in [1.165, 1.54) is 30.3 Å². The van der Waals surface area contributed by atoms with Crippen LogP contribution in [0.25, 0.3) is 6.08 Å². The molecule has 7 heteroatoms. The third kappa shape index (κ3) is 4.85. The minimum Gasteiger partial charge on any atom is -0.493 e. The number of nitrogens with zero attached hydrogens (tertiary/aromatic N) is 1. The van der Waals surface area contributed by atoms with Crippen molar-refractivity contribution in [3.8, 4) is 11.8 Å². The highest BCUT2D eigenvalue weighted by molar-refractivity contribution is 9.10. The minimum atomic E-state index is -3.95. The van der Waals surface area contributed by atoms with Crippen LogP contribution >= 0.6 is 27.5 Å². The summed E-state index contributed by atoms with van der Waals surface area (Å²) in [6.45, 7) is 2.47. The molecule has 0 heterocycles. The summed E-state index contributed by atoms with van der Waals surface area (Å²) >= 11 is 9.14. The van der Waals surface area contributed by atoms with Crippen molar-refractivity contribution in [2.75, 3.05) is 6.61 Å². The number of hydrogen-bond acceptors (Lipinski definition) is 4. The Labute approximate surface area is 160 Å². The maximum Gasteiger partial charge on any atom is 0.216 e. The molecule has 0 aromatic heterocycles. The monoisotopic (exact) mass is 439 g/mol. The third-order valence-electron chi connectivity index (χ3n) is 3.24. The van der Waals surface area contributed by atoms with Gasteiger partial charge in [0.2, 0.25) is 9.84 Å². The van der Waals surface area contributed by atoms with Crippen molar-refractivity contribution in [3.05, 3.63) is 62.4 Å². The van der Waals surface area contributed by atoms with Crippen LogP contribution < -0.4 is 4.74 Å². The predicted octanol–water partition coefficient (Wildman–Crippen LogP) is 5.23. The number of nitriles is 1. The second-order valence-electron chi connectivity index (χ2n) is 5.11.